The molecule has 0 fully saturated rings. The van der Waals surface area contributed by atoms with Gasteiger partial charge in [0.2, 0.25) is 0 Å². The molecule has 3 aromatic rings. The molecule has 0 amide bonds. The van der Waals surface area contributed by atoms with Gasteiger partial charge in [-0.1, -0.05) is 41.6 Å². The van der Waals surface area contributed by atoms with Gasteiger partial charge >= 0.3 is 0 Å². The number of aliphatic imine (C=N–C) groups is 1. The third kappa shape index (κ3) is 6.01. The van der Waals surface area contributed by atoms with Crippen molar-refractivity contribution in [1.29, 1.82) is 0 Å². The fourth-order valence-electron chi connectivity index (χ4n) is 3.19. The van der Waals surface area contributed by atoms with E-state index in [-0.39, 0.29) is 0 Å². The highest BCUT2D eigenvalue weighted by Crippen LogP contribution is 2.27. The standard InChI is InChI=1S/C24H30N4O3/c1-5-25-24(26-17-20-16-22(31-27-20)19-9-7-6-8-10-19)28(2)14-13-18-11-12-21(29-3)23(15-18)30-4/h6-12,15-16H,5,13-14,17H2,1-4H3,(H,25,26). The van der Waals surface area contributed by atoms with Crippen molar-refractivity contribution in [3.8, 4) is 22.8 Å². The maximum atomic E-state index is 5.47. The molecule has 0 aliphatic carbocycles. The van der Waals surface area contributed by atoms with Gasteiger partial charge in [-0.05, 0) is 31.0 Å². The quantitative estimate of drug-likeness (QED) is 0.415. The zero-order chi connectivity index (χ0) is 22.1. The largest absolute Gasteiger partial charge is 0.493 e. The molecule has 7 nitrogen and oxygen atoms in total. The van der Waals surface area contributed by atoms with Crippen LogP contribution >= 0.6 is 0 Å². The highest BCUT2D eigenvalue weighted by atomic mass is 16.5. The molecule has 31 heavy (non-hydrogen) atoms. The SMILES string of the molecule is CCNC(=NCc1cc(-c2ccccc2)on1)N(C)CCc1ccc(OC)c(OC)c1. The average Bonchev–Trinajstić information content (AvgIpc) is 3.29. The van der Waals surface area contributed by atoms with E-state index in [1.165, 1.54) is 5.56 Å². The maximum absolute atomic E-state index is 5.47. The molecule has 0 saturated carbocycles. The fraction of sp³-hybridized carbons (Fsp3) is 0.333. The van der Waals surface area contributed by atoms with Crippen molar-refractivity contribution in [2.75, 3.05) is 34.4 Å². The number of aromatic nitrogens is 1. The number of benzene rings is 2. The van der Waals surface area contributed by atoms with Crippen molar-refractivity contribution >= 4 is 5.96 Å². The number of likely N-dealkylation sites (N-methyl/N-ethyl adjacent to an activating group) is 1. The van der Waals surface area contributed by atoms with Crippen LogP contribution in [0.15, 0.2) is 64.1 Å². The number of hydrogen-bond acceptors (Lipinski definition) is 5. The number of nitrogens with zero attached hydrogens (tertiary/aromatic N) is 3. The van der Waals surface area contributed by atoms with Crippen LogP contribution in [0.1, 0.15) is 18.2 Å². The van der Waals surface area contributed by atoms with Gasteiger partial charge in [-0.15, -0.1) is 0 Å². The van der Waals surface area contributed by atoms with E-state index in [0.29, 0.717) is 6.54 Å². The summed E-state index contributed by atoms with van der Waals surface area (Å²) in [6.45, 7) is 4.09. The van der Waals surface area contributed by atoms with Gasteiger partial charge < -0.3 is 24.2 Å². The van der Waals surface area contributed by atoms with Gasteiger partial charge in [-0.2, -0.15) is 0 Å². The van der Waals surface area contributed by atoms with Crippen molar-refractivity contribution in [2.45, 2.75) is 19.9 Å². The van der Waals surface area contributed by atoms with Crippen molar-refractivity contribution in [2.24, 2.45) is 4.99 Å². The normalized spacial score (nSPS) is 11.3. The lowest BCUT2D eigenvalue weighted by atomic mass is 10.1. The molecule has 1 heterocycles. The Bertz CT molecular complexity index is 985. The van der Waals surface area contributed by atoms with Crippen LogP contribution in [0.3, 0.4) is 0 Å². The summed E-state index contributed by atoms with van der Waals surface area (Å²) in [5, 5.41) is 7.50. The molecule has 3 rings (SSSR count). The van der Waals surface area contributed by atoms with E-state index in [4.69, 9.17) is 19.0 Å². The molecular weight excluding hydrogens is 392 g/mol. The zero-order valence-electron chi connectivity index (χ0n) is 18.6. The van der Waals surface area contributed by atoms with Gasteiger partial charge in [0.15, 0.2) is 23.2 Å². The summed E-state index contributed by atoms with van der Waals surface area (Å²) in [7, 11) is 5.32. The van der Waals surface area contributed by atoms with Crippen molar-refractivity contribution in [3.05, 3.63) is 65.9 Å². The molecule has 164 valence electrons. The number of ether oxygens (including phenoxy) is 2. The van der Waals surface area contributed by atoms with E-state index in [0.717, 1.165) is 54.0 Å². The van der Waals surface area contributed by atoms with Crippen LogP contribution in [0.4, 0.5) is 0 Å². The van der Waals surface area contributed by atoms with E-state index >= 15 is 0 Å². The molecule has 2 aromatic carbocycles. The summed E-state index contributed by atoms with van der Waals surface area (Å²) in [4.78, 5) is 6.84. The van der Waals surface area contributed by atoms with Crippen LogP contribution in [0.5, 0.6) is 11.5 Å². The first kappa shape index (κ1) is 22.2. The summed E-state index contributed by atoms with van der Waals surface area (Å²) in [5.74, 6) is 3.05. The van der Waals surface area contributed by atoms with Crippen LogP contribution in [-0.4, -0.2) is 50.4 Å². The molecule has 1 aromatic heterocycles. The van der Waals surface area contributed by atoms with E-state index in [2.05, 4.69) is 28.4 Å². The highest BCUT2D eigenvalue weighted by molar-refractivity contribution is 5.79. The highest BCUT2D eigenvalue weighted by Gasteiger charge is 2.10. The molecule has 0 aliphatic heterocycles. The lowest BCUT2D eigenvalue weighted by Crippen LogP contribution is -2.39. The minimum Gasteiger partial charge on any atom is -0.493 e. The summed E-state index contributed by atoms with van der Waals surface area (Å²) in [6.07, 6.45) is 0.851. The van der Waals surface area contributed by atoms with Gasteiger partial charge in [0, 0.05) is 31.8 Å². The Balaban J connectivity index is 1.63. The molecule has 1 N–H and O–H groups in total. The second-order valence-corrected chi connectivity index (χ2v) is 7.08. The third-order valence-electron chi connectivity index (χ3n) is 4.89. The molecule has 0 spiro atoms. The summed E-state index contributed by atoms with van der Waals surface area (Å²) in [6, 6.07) is 17.9. The smallest absolute Gasteiger partial charge is 0.194 e. The van der Waals surface area contributed by atoms with Gasteiger partial charge in [0.25, 0.3) is 0 Å². The first-order chi connectivity index (χ1) is 15.1. The Morgan fingerprint density at radius 3 is 2.55 bits per heavy atom. The van der Waals surface area contributed by atoms with Crippen LogP contribution in [-0.2, 0) is 13.0 Å². The second kappa shape index (κ2) is 11.1. The predicted molar refractivity (Wildman–Crippen MR) is 123 cm³/mol. The Morgan fingerprint density at radius 2 is 1.84 bits per heavy atom. The molecule has 0 bridgehead atoms. The summed E-state index contributed by atoms with van der Waals surface area (Å²) >= 11 is 0. The van der Waals surface area contributed by atoms with Crippen LogP contribution in [0, 0.1) is 0 Å². The number of guanidine groups is 1. The molecule has 0 unspecified atom stereocenters. The number of methoxy groups -OCH3 is 2. The monoisotopic (exact) mass is 422 g/mol. The van der Waals surface area contributed by atoms with Gasteiger partial charge in [0.1, 0.15) is 5.69 Å². The topological polar surface area (TPSA) is 72.1 Å². The maximum Gasteiger partial charge on any atom is 0.194 e. The Kier molecular flexibility index (Phi) is 7.92. The molecule has 0 aliphatic rings. The van der Waals surface area contributed by atoms with E-state index in [9.17, 15) is 0 Å². The minimum absolute atomic E-state index is 0.444. The van der Waals surface area contributed by atoms with Gasteiger partial charge in [-0.3, -0.25) is 0 Å². The van der Waals surface area contributed by atoms with Crippen molar-refractivity contribution in [1.82, 2.24) is 15.4 Å². The van der Waals surface area contributed by atoms with Crippen LogP contribution in [0.2, 0.25) is 0 Å². The lowest BCUT2D eigenvalue weighted by molar-refractivity contribution is 0.354. The van der Waals surface area contributed by atoms with Crippen molar-refractivity contribution in [3.63, 3.8) is 0 Å². The lowest BCUT2D eigenvalue weighted by Gasteiger charge is -2.22. The second-order valence-electron chi connectivity index (χ2n) is 7.08. The first-order valence-electron chi connectivity index (χ1n) is 10.4. The van der Waals surface area contributed by atoms with Crippen LogP contribution in [0.25, 0.3) is 11.3 Å². The predicted octanol–water partition coefficient (Wildman–Crippen LogP) is 4.00. The van der Waals surface area contributed by atoms with E-state index < -0.39 is 0 Å². The number of rotatable bonds is 9. The van der Waals surface area contributed by atoms with Crippen LogP contribution < -0.4 is 14.8 Å². The molecule has 0 atom stereocenters. The first-order valence-corrected chi connectivity index (χ1v) is 10.4. The molecule has 0 saturated heterocycles. The molecule has 7 heteroatoms. The summed E-state index contributed by atoms with van der Waals surface area (Å²) < 4.78 is 16.2. The van der Waals surface area contributed by atoms with E-state index in [1.54, 1.807) is 14.2 Å². The zero-order valence-corrected chi connectivity index (χ0v) is 18.6. The minimum atomic E-state index is 0.444. The Labute approximate surface area is 183 Å². The van der Waals surface area contributed by atoms with E-state index in [1.807, 2.05) is 55.6 Å². The molecule has 0 radical (unpaired) electrons. The summed E-state index contributed by atoms with van der Waals surface area (Å²) in [5.41, 5.74) is 2.97. The number of nitrogens with one attached hydrogen (secondary N) is 1. The Morgan fingerprint density at radius 1 is 1.06 bits per heavy atom. The average molecular weight is 423 g/mol. The van der Waals surface area contributed by atoms with Gasteiger partial charge in [0.05, 0.1) is 20.8 Å². The molecular formula is C24H30N4O3. The van der Waals surface area contributed by atoms with Crippen molar-refractivity contribution < 1.29 is 14.0 Å². The van der Waals surface area contributed by atoms with Gasteiger partial charge in [-0.25, -0.2) is 4.99 Å². The Hall–Kier alpha value is -3.48. The third-order valence-corrected chi connectivity index (χ3v) is 4.89. The number of hydrogen-bond donors (Lipinski definition) is 1. The fourth-order valence-corrected chi connectivity index (χ4v) is 3.19.